The molecule has 0 aliphatic carbocycles. The van der Waals surface area contributed by atoms with Crippen LogP contribution in [0.1, 0.15) is 23.2 Å². The predicted molar refractivity (Wildman–Crippen MR) is 59.8 cm³/mol. The summed E-state index contributed by atoms with van der Waals surface area (Å²) in [6, 6.07) is 6.60. The molecule has 2 rings (SSSR count). The number of hydrogen-bond acceptors (Lipinski definition) is 3. The number of anilines is 1. The summed E-state index contributed by atoms with van der Waals surface area (Å²) in [6.07, 6.45) is 2.26. The highest BCUT2D eigenvalue weighted by Gasteiger charge is 2.31. The van der Waals surface area contributed by atoms with Gasteiger partial charge in [-0.25, -0.2) is 4.79 Å². The van der Waals surface area contributed by atoms with Crippen molar-refractivity contribution in [1.82, 2.24) is 0 Å². The van der Waals surface area contributed by atoms with Crippen LogP contribution in [0, 0.1) is 0 Å². The van der Waals surface area contributed by atoms with Crippen LogP contribution in [-0.4, -0.2) is 29.9 Å². The van der Waals surface area contributed by atoms with E-state index in [9.17, 15) is 9.59 Å². The number of carbonyl (C=O) groups excluding carboxylic acids is 1. The predicted octanol–water partition coefficient (Wildman–Crippen LogP) is 1.55. The van der Waals surface area contributed by atoms with Crippen molar-refractivity contribution in [2.45, 2.75) is 18.9 Å². The van der Waals surface area contributed by atoms with E-state index in [-0.39, 0.29) is 0 Å². The van der Waals surface area contributed by atoms with Crippen LogP contribution >= 0.6 is 0 Å². The highest BCUT2D eigenvalue weighted by Crippen LogP contribution is 2.27. The summed E-state index contributed by atoms with van der Waals surface area (Å²) in [5, 5.41) is 9.08. The number of aldehydes is 1. The highest BCUT2D eigenvalue weighted by atomic mass is 16.4. The van der Waals surface area contributed by atoms with Crippen LogP contribution in [0.3, 0.4) is 0 Å². The van der Waals surface area contributed by atoms with E-state index in [4.69, 9.17) is 5.11 Å². The molecule has 1 fully saturated rings. The summed E-state index contributed by atoms with van der Waals surface area (Å²) < 4.78 is 0. The van der Waals surface area contributed by atoms with E-state index >= 15 is 0 Å². The van der Waals surface area contributed by atoms with E-state index in [0.717, 1.165) is 18.4 Å². The minimum atomic E-state index is -0.821. The van der Waals surface area contributed by atoms with Crippen LogP contribution in [0.5, 0.6) is 0 Å². The number of carboxylic acid groups (broad SMARTS) is 1. The first kappa shape index (κ1) is 10.7. The second-order valence-corrected chi connectivity index (χ2v) is 3.87. The molecule has 16 heavy (non-hydrogen) atoms. The molecule has 1 aromatic rings. The van der Waals surface area contributed by atoms with Crippen molar-refractivity contribution in [3.63, 3.8) is 0 Å². The number of aliphatic carboxylic acids is 1. The van der Waals surface area contributed by atoms with Gasteiger partial charge in [-0.05, 0) is 25.0 Å². The van der Waals surface area contributed by atoms with E-state index in [0.29, 0.717) is 18.5 Å². The first-order valence-corrected chi connectivity index (χ1v) is 5.27. The first-order valence-electron chi connectivity index (χ1n) is 5.27. The van der Waals surface area contributed by atoms with Gasteiger partial charge in [0.25, 0.3) is 0 Å². The number of carboxylic acids is 1. The second kappa shape index (κ2) is 4.35. The molecule has 1 N–H and O–H groups in total. The van der Waals surface area contributed by atoms with Crippen molar-refractivity contribution >= 4 is 17.9 Å². The third-order valence-electron chi connectivity index (χ3n) is 2.91. The van der Waals surface area contributed by atoms with Crippen molar-refractivity contribution < 1.29 is 14.7 Å². The molecule has 4 nitrogen and oxygen atoms in total. The van der Waals surface area contributed by atoms with Crippen molar-refractivity contribution in [1.29, 1.82) is 0 Å². The molecule has 1 saturated heterocycles. The Bertz CT molecular complexity index is 416. The number of para-hydroxylation sites is 1. The van der Waals surface area contributed by atoms with Crippen molar-refractivity contribution in [2.24, 2.45) is 0 Å². The van der Waals surface area contributed by atoms with Gasteiger partial charge in [0.15, 0.2) is 6.29 Å². The molecule has 0 aromatic heterocycles. The molecule has 1 aliphatic rings. The van der Waals surface area contributed by atoms with Gasteiger partial charge in [-0.15, -0.1) is 0 Å². The van der Waals surface area contributed by atoms with E-state index in [1.54, 1.807) is 23.1 Å². The Morgan fingerprint density at radius 1 is 1.44 bits per heavy atom. The summed E-state index contributed by atoms with van der Waals surface area (Å²) in [6.45, 7) is 0.696. The second-order valence-electron chi connectivity index (χ2n) is 3.87. The van der Waals surface area contributed by atoms with E-state index < -0.39 is 12.0 Å². The molecule has 0 saturated carbocycles. The van der Waals surface area contributed by atoms with Crippen LogP contribution in [0.15, 0.2) is 24.3 Å². The fourth-order valence-corrected chi connectivity index (χ4v) is 2.16. The molecule has 0 bridgehead atoms. The third kappa shape index (κ3) is 1.78. The molecular formula is C12H13NO3. The highest BCUT2D eigenvalue weighted by molar-refractivity contribution is 5.87. The average molecular weight is 219 g/mol. The molecule has 1 atom stereocenters. The normalized spacial score (nSPS) is 19.8. The fourth-order valence-electron chi connectivity index (χ4n) is 2.16. The number of benzene rings is 1. The molecular weight excluding hydrogens is 206 g/mol. The summed E-state index contributed by atoms with van der Waals surface area (Å²) in [5.74, 6) is -0.821. The molecule has 1 unspecified atom stereocenters. The lowest BCUT2D eigenvalue weighted by atomic mass is 10.1. The molecule has 1 heterocycles. The van der Waals surface area contributed by atoms with Crippen LogP contribution in [0.4, 0.5) is 5.69 Å². The lowest BCUT2D eigenvalue weighted by Gasteiger charge is -2.24. The van der Waals surface area contributed by atoms with Gasteiger partial charge in [0, 0.05) is 17.8 Å². The standard InChI is InChI=1S/C12H13NO3/c14-8-9-4-1-2-5-10(9)13-7-3-6-11(13)12(15)16/h1-2,4-5,8,11H,3,6-7H2,(H,15,16). The molecule has 0 spiro atoms. The van der Waals surface area contributed by atoms with Gasteiger partial charge in [0.2, 0.25) is 0 Å². The Kier molecular flexibility index (Phi) is 2.90. The Morgan fingerprint density at radius 2 is 2.19 bits per heavy atom. The van der Waals surface area contributed by atoms with Gasteiger partial charge in [-0.2, -0.15) is 0 Å². The number of carbonyl (C=O) groups is 2. The Labute approximate surface area is 93.5 Å². The quantitative estimate of drug-likeness (QED) is 0.784. The van der Waals surface area contributed by atoms with E-state index in [2.05, 4.69) is 0 Å². The maximum atomic E-state index is 11.1. The maximum Gasteiger partial charge on any atom is 0.326 e. The van der Waals surface area contributed by atoms with Gasteiger partial charge in [-0.1, -0.05) is 12.1 Å². The Hall–Kier alpha value is -1.84. The largest absolute Gasteiger partial charge is 0.480 e. The van der Waals surface area contributed by atoms with Crippen LogP contribution in [0.25, 0.3) is 0 Å². The minimum absolute atomic E-state index is 0.499. The molecule has 1 aromatic carbocycles. The monoisotopic (exact) mass is 219 g/mol. The van der Waals surface area contributed by atoms with Gasteiger partial charge in [0.1, 0.15) is 6.04 Å². The zero-order chi connectivity index (χ0) is 11.5. The van der Waals surface area contributed by atoms with Crippen molar-refractivity contribution in [3.8, 4) is 0 Å². The topological polar surface area (TPSA) is 57.6 Å². The summed E-state index contributed by atoms with van der Waals surface area (Å²) in [4.78, 5) is 23.7. The average Bonchev–Trinajstić information content (AvgIpc) is 2.77. The maximum absolute atomic E-state index is 11.1. The SMILES string of the molecule is O=Cc1ccccc1N1CCCC1C(=O)O. The zero-order valence-corrected chi connectivity index (χ0v) is 8.80. The van der Waals surface area contributed by atoms with Crippen LogP contribution < -0.4 is 4.90 Å². The number of hydrogen-bond donors (Lipinski definition) is 1. The van der Waals surface area contributed by atoms with Gasteiger partial charge >= 0.3 is 5.97 Å². The zero-order valence-electron chi connectivity index (χ0n) is 8.80. The molecule has 84 valence electrons. The van der Waals surface area contributed by atoms with E-state index in [1.165, 1.54) is 0 Å². The summed E-state index contributed by atoms with van der Waals surface area (Å²) in [5.41, 5.74) is 1.28. The lowest BCUT2D eigenvalue weighted by molar-refractivity contribution is -0.138. The van der Waals surface area contributed by atoms with Crippen LogP contribution in [-0.2, 0) is 4.79 Å². The molecule has 0 radical (unpaired) electrons. The Balaban J connectivity index is 2.36. The smallest absolute Gasteiger partial charge is 0.326 e. The number of nitrogens with zero attached hydrogens (tertiary/aromatic N) is 1. The van der Waals surface area contributed by atoms with Crippen molar-refractivity contribution in [3.05, 3.63) is 29.8 Å². The molecule has 1 aliphatic heterocycles. The fraction of sp³-hybridized carbons (Fsp3) is 0.333. The summed E-state index contributed by atoms with van der Waals surface area (Å²) >= 11 is 0. The molecule has 4 heteroatoms. The first-order chi connectivity index (χ1) is 7.74. The summed E-state index contributed by atoms with van der Waals surface area (Å²) in [7, 11) is 0. The van der Waals surface area contributed by atoms with Gasteiger partial charge < -0.3 is 10.0 Å². The van der Waals surface area contributed by atoms with Crippen molar-refractivity contribution in [2.75, 3.05) is 11.4 Å². The number of rotatable bonds is 3. The van der Waals surface area contributed by atoms with Gasteiger partial charge in [-0.3, -0.25) is 4.79 Å². The van der Waals surface area contributed by atoms with Gasteiger partial charge in [0.05, 0.1) is 0 Å². The minimum Gasteiger partial charge on any atom is -0.480 e. The lowest BCUT2D eigenvalue weighted by Crippen LogP contribution is -2.36. The third-order valence-corrected chi connectivity index (χ3v) is 2.91. The molecule has 0 amide bonds. The van der Waals surface area contributed by atoms with E-state index in [1.807, 2.05) is 6.07 Å². The Morgan fingerprint density at radius 3 is 2.88 bits per heavy atom. The van der Waals surface area contributed by atoms with Crippen LogP contribution in [0.2, 0.25) is 0 Å².